The molecular weight excluding hydrogens is 256 g/mol. The molecule has 0 fully saturated rings. The van der Waals surface area contributed by atoms with E-state index in [0.717, 1.165) is 18.6 Å². The van der Waals surface area contributed by atoms with Crippen molar-refractivity contribution >= 4 is 10.9 Å². The molecule has 2 aromatic carbocycles. The zero-order chi connectivity index (χ0) is 14.4. The minimum atomic E-state index is 0.873. The first-order chi connectivity index (χ1) is 10.2. The molecule has 1 aliphatic rings. The van der Waals surface area contributed by atoms with Crippen LogP contribution in [-0.2, 0) is 13.1 Å². The summed E-state index contributed by atoms with van der Waals surface area (Å²) in [6.45, 7) is 6.14. The molecule has 3 aromatic rings. The second-order valence-corrected chi connectivity index (χ2v) is 5.85. The number of hydrogen-bond donors (Lipinski definition) is 1. The quantitative estimate of drug-likeness (QED) is 0.722. The summed E-state index contributed by atoms with van der Waals surface area (Å²) < 4.78 is 0. The van der Waals surface area contributed by atoms with Crippen LogP contribution in [0.15, 0.2) is 42.5 Å². The first-order valence-corrected chi connectivity index (χ1v) is 7.43. The smallest absolute Gasteiger partial charge is 0.0712 e. The van der Waals surface area contributed by atoms with E-state index in [1.54, 1.807) is 0 Å². The average Bonchev–Trinajstić information content (AvgIpc) is 2.95. The van der Waals surface area contributed by atoms with Crippen molar-refractivity contribution in [1.82, 2.24) is 10.3 Å². The van der Waals surface area contributed by atoms with Crippen molar-refractivity contribution in [1.29, 1.82) is 0 Å². The van der Waals surface area contributed by atoms with Crippen molar-refractivity contribution in [3.05, 3.63) is 64.8 Å². The third kappa shape index (κ3) is 1.95. The summed E-state index contributed by atoms with van der Waals surface area (Å²) >= 11 is 0. The summed E-state index contributed by atoms with van der Waals surface area (Å²) in [5, 5.41) is 4.70. The molecule has 4 rings (SSSR count). The maximum atomic E-state index is 4.83. The number of para-hydroxylation sites is 1. The molecule has 0 saturated carbocycles. The van der Waals surface area contributed by atoms with Crippen LogP contribution in [0.5, 0.6) is 0 Å². The van der Waals surface area contributed by atoms with E-state index in [4.69, 9.17) is 4.98 Å². The van der Waals surface area contributed by atoms with Gasteiger partial charge < -0.3 is 5.32 Å². The molecule has 0 bridgehead atoms. The highest BCUT2D eigenvalue weighted by Crippen LogP contribution is 2.36. The van der Waals surface area contributed by atoms with Gasteiger partial charge in [-0.25, -0.2) is 0 Å². The van der Waals surface area contributed by atoms with Gasteiger partial charge in [0.25, 0.3) is 0 Å². The highest BCUT2D eigenvalue weighted by molar-refractivity contribution is 5.97. The maximum Gasteiger partial charge on any atom is 0.0712 e. The Bertz CT molecular complexity index is 850. The first kappa shape index (κ1) is 12.5. The molecular formula is C19H18N2. The van der Waals surface area contributed by atoms with Crippen LogP contribution in [0.25, 0.3) is 22.0 Å². The van der Waals surface area contributed by atoms with E-state index >= 15 is 0 Å². The fourth-order valence-corrected chi connectivity index (χ4v) is 3.26. The molecule has 2 nitrogen and oxygen atoms in total. The molecule has 21 heavy (non-hydrogen) atoms. The predicted molar refractivity (Wildman–Crippen MR) is 87.2 cm³/mol. The summed E-state index contributed by atoms with van der Waals surface area (Å²) in [4.78, 5) is 4.83. The SMILES string of the molecule is Cc1ccc(C)c(-c2c3c(nc4ccccc24)CNC3)c1. The Labute approximate surface area is 124 Å². The molecule has 0 radical (unpaired) electrons. The number of hydrogen-bond acceptors (Lipinski definition) is 2. The van der Waals surface area contributed by atoms with Crippen molar-refractivity contribution in [3.63, 3.8) is 0 Å². The fraction of sp³-hybridized carbons (Fsp3) is 0.211. The number of benzene rings is 2. The highest BCUT2D eigenvalue weighted by atomic mass is 14.9. The van der Waals surface area contributed by atoms with Crippen molar-refractivity contribution in [2.24, 2.45) is 0 Å². The molecule has 0 atom stereocenters. The minimum absolute atomic E-state index is 0.873. The van der Waals surface area contributed by atoms with E-state index < -0.39 is 0 Å². The molecule has 0 spiro atoms. The molecule has 0 saturated heterocycles. The lowest BCUT2D eigenvalue weighted by Gasteiger charge is -2.15. The Morgan fingerprint density at radius 1 is 1.00 bits per heavy atom. The summed E-state index contributed by atoms with van der Waals surface area (Å²) in [6, 6.07) is 15.2. The lowest BCUT2D eigenvalue weighted by Crippen LogP contribution is -2.00. The topological polar surface area (TPSA) is 24.9 Å². The third-order valence-electron chi connectivity index (χ3n) is 4.34. The fourth-order valence-electron chi connectivity index (χ4n) is 3.26. The lowest BCUT2D eigenvalue weighted by atomic mass is 9.91. The van der Waals surface area contributed by atoms with E-state index in [2.05, 4.69) is 61.6 Å². The Morgan fingerprint density at radius 3 is 2.76 bits per heavy atom. The lowest BCUT2D eigenvalue weighted by molar-refractivity contribution is 0.758. The third-order valence-corrected chi connectivity index (χ3v) is 4.34. The number of aryl methyl sites for hydroxylation is 2. The molecule has 1 aliphatic heterocycles. The Hall–Kier alpha value is -2.19. The number of pyridine rings is 1. The van der Waals surface area contributed by atoms with Crippen molar-refractivity contribution < 1.29 is 0 Å². The second-order valence-electron chi connectivity index (χ2n) is 5.85. The van der Waals surface area contributed by atoms with Crippen LogP contribution in [0.3, 0.4) is 0 Å². The summed E-state index contributed by atoms with van der Waals surface area (Å²) in [7, 11) is 0. The van der Waals surface area contributed by atoms with Crippen molar-refractivity contribution in [2.75, 3.05) is 0 Å². The van der Waals surface area contributed by atoms with Gasteiger partial charge in [-0.1, -0.05) is 42.0 Å². The molecule has 0 amide bonds. The Kier molecular flexibility index (Phi) is 2.79. The largest absolute Gasteiger partial charge is 0.307 e. The van der Waals surface area contributed by atoms with Crippen LogP contribution in [-0.4, -0.2) is 4.98 Å². The van der Waals surface area contributed by atoms with Gasteiger partial charge in [0.15, 0.2) is 0 Å². The number of nitrogens with one attached hydrogen (secondary N) is 1. The van der Waals surface area contributed by atoms with Crippen LogP contribution < -0.4 is 5.32 Å². The number of nitrogens with zero attached hydrogens (tertiary/aromatic N) is 1. The average molecular weight is 274 g/mol. The van der Waals surface area contributed by atoms with Gasteiger partial charge in [-0.3, -0.25) is 4.98 Å². The molecule has 1 aromatic heterocycles. The van der Waals surface area contributed by atoms with Gasteiger partial charge in [0.1, 0.15) is 0 Å². The van der Waals surface area contributed by atoms with Gasteiger partial charge in [0.05, 0.1) is 11.2 Å². The second kappa shape index (κ2) is 4.68. The molecule has 1 N–H and O–H groups in total. The Balaban J connectivity index is 2.14. The van der Waals surface area contributed by atoms with Crippen molar-refractivity contribution in [2.45, 2.75) is 26.9 Å². The predicted octanol–water partition coefficient (Wildman–Crippen LogP) is 4.12. The van der Waals surface area contributed by atoms with Gasteiger partial charge >= 0.3 is 0 Å². The monoisotopic (exact) mass is 274 g/mol. The van der Waals surface area contributed by atoms with Gasteiger partial charge in [-0.05, 0) is 42.2 Å². The van der Waals surface area contributed by atoms with Gasteiger partial charge in [-0.2, -0.15) is 0 Å². The molecule has 2 heteroatoms. The molecule has 104 valence electrons. The van der Waals surface area contributed by atoms with Crippen molar-refractivity contribution in [3.8, 4) is 11.1 Å². The highest BCUT2D eigenvalue weighted by Gasteiger charge is 2.20. The van der Waals surface area contributed by atoms with Crippen LogP contribution >= 0.6 is 0 Å². The van der Waals surface area contributed by atoms with Gasteiger partial charge in [0.2, 0.25) is 0 Å². The summed E-state index contributed by atoms with van der Waals surface area (Å²) in [5.41, 5.74) is 8.99. The maximum absolute atomic E-state index is 4.83. The molecule has 0 unspecified atom stereocenters. The van der Waals surface area contributed by atoms with E-state index in [1.165, 1.54) is 38.9 Å². The number of fused-ring (bicyclic) bond motifs is 2. The molecule has 2 heterocycles. The first-order valence-electron chi connectivity index (χ1n) is 7.43. The van der Waals surface area contributed by atoms with Crippen LogP contribution in [0.2, 0.25) is 0 Å². The zero-order valence-corrected chi connectivity index (χ0v) is 12.4. The standard InChI is InChI=1S/C19H18N2/c1-12-7-8-13(2)15(9-12)19-14-5-3-4-6-17(14)21-18-11-20-10-16(18)19/h3-9,20H,10-11H2,1-2H3. The summed E-state index contributed by atoms with van der Waals surface area (Å²) in [5.74, 6) is 0. The van der Waals surface area contributed by atoms with E-state index in [1.807, 2.05) is 0 Å². The molecule has 0 aliphatic carbocycles. The van der Waals surface area contributed by atoms with Crippen LogP contribution in [0, 0.1) is 13.8 Å². The van der Waals surface area contributed by atoms with E-state index in [9.17, 15) is 0 Å². The van der Waals surface area contributed by atoms with Crippen LogP contribution in [0.4, 0.5) is 0 Å². The van der Waals surface area contributed by atoms with E-state index in [-0.39, 0.29) is 0 Å². The minimum Gasteiger partial charge on any atom is -0.307 e. The van der Waals surface area contributed by atoms with Gasteiger partial charge in [-0.15, -0.1) is 0 Å². The number of aromatic nitrogens is 1. The van der Waals surface area contributed by atoms with Gasteiger partial charge in [0, 0.05) is 18.5 Å². The van der Waals surface area contributed by atoms with Crippen LogP contribution in [0.1, 0.15) is 22.4 Å². The normalized spacial score (nSPS) is 13.6. The number of rotatable bonds is 1. The Morgan fingerprint density at radius 2 is 1.86 bits per heavy atom. The zero-order valence-electron chi connectivity index (χ0n) is 12.4. The van der Waals surface area contributed by atoms with E-state index in [0.29, 0.717) is 0 Å². The summed E-state index contributed by atoms with van der Waals surface area (Å²) in [6.07, 6.45) is 0.